The quantitative estimate of drug-likeness (QED) is 0.296. The molecule has 204 valence electrons. The number of ether oxygens (including phenoxy) is 2. The molecule has 2 heterocycles. The molecule has 0 unspecified atom stereocenters. The van der Waals surface area contributed by atoms with Gasteiger partial charge in [-0.3, -0.25) is 4.79 Å². The van der Waals surface area contributed by atoms with Crippen LogP contribution in [0.25, 0.3) is 10.9 Å². The number of benzene rings is 2. The van der Waals surface area contributed by atoms with Crippen molar-refractivity contribution < 1.29 is 32.0 Å². The number of nitrogens with zero attached hydrogens (tertiary/aromatic N) is 1. The van der Waals surface area contributed by atoms with Crippen molar-refractivity contribution in [2.24, 2.45) is 0 Å². The SMILES string of the molecule is CC(=O)OCCc1ccccc1OCc1cc(B2OC(C)(C)C(C)(C)O2)c2ccn(S(=O)(=O)C(C)C)c2c1. The summed E-state index contributed by atoms with van der Waals surface area (Å²) < 4.78 is 51.6. The fourth-order valence-electron chi connectivity index (χ4n) is 4.32. The second-order valence-electron chi connectivity index (χ2n) is 10.9. The number of esters is 1. The second-order valence-corrected chi connectivity index (χ2v) is 13.3. The lowest BCUT2D eigenvalue weighted by atomic mass is 9.76. The van der Waals surface area contributed by atoms with Crippen LogP contribution in [0.4, 0.5) is 0 Å². The first-order chi connectivity index (χ1) is 17.7. The van der Waals surface area contributed by atoms with Crippen molar-refractivity contribution in [1.29, 1.82) is 0 Å². The van der Waals surface area contributed by atoms with E-state index >= 15 is 0 Å². The first-order valence-corrected chi connectivity index (χ1v) is 14.3. The minimum absolute atomic E-state index is 0.194. The van der Waals surface area contributed by atoms with Crippen LogP contribution in [0.15, 0.2) is 48.7 Å². The third kappa shape index (κ3) is 5.48. The molecule has 0 radical (unpaired) electrons. The van der Waals surface area contributed by atoms with Gasteiger partial charge in [-0.05, 0) is 76.3 Å². The number of hydrogen-bond donors (Lipinski definition) is 0. The van der Waals surface area contributed by atoms with Crippen molar-refractivity contribution >= 4 is 39.5 Å². The highest BCUT2D eigenvalue weighted by atomic mass is 32.2. The summed E-state index contributed by atoms with van der Waals surface area (Å²) >= 11 is 0. The summed E-state index contributed by atoms with van der Waals surface area (Å²) in [4.78, 5) is 11.2. The molecular formula is C28H36BNO7S. The molecule has 38 heavy (non-hydrogen) atoms. The fourth-order valence-corrected chi connectivity index (χ4v) is 5.43. The summed E-state index contributed by atoms with van der Waals surface area (Å²) in [5, 5.41) is 0.153. The highest BCUT2D eigenvalue weighted by Crippen LogP contribution is 2.37. The summed E-state index contributed by atoms with van der Waals surface area (Å²) in [6.45, 7) is 13.1. The van der Waals surface area contributed by atoms with Crippen molar-refractivity contribution in [2.75, 3.05) is 6.61 Å². The van der Waals surface area contributed by atoms with Gasteiger partial charge in [0.1, 0.15) is 12.4 Å². The lowest BCUT2D eigenvalue weighted by Crippen LogP contribution is -2.41. The minimum Gasteiger partial charge on any atom is -0.489 e. The Labute approximate surface area is 225 Å². The lowest BCUT2D eigenvalue weighted by Gasteiger charge is -2.32. The maximum Gasteiger partial charge on any atom is 0.495 e. The van der Waals surface area contributed by atoms with Crippen molar-refractivity contribution in [1.82, 2.24) is 3.97 Å². The molecule has 0 saturated carbocycles. The maximum absolute atomic E-state index is 13.2. The third-order valence-electron chi connectivity index (χ3n) is 7.28. The van der Waals surface area contributed by atoms with Gasteiger partial charge in [-0.15, -0.1) is 0 Å². The molecule has 0 spiro atoms. The summed E-state index contributed by atoms with van der Waals surface area (Å²) in [6.07, 6.45) is 2.10. The van der Waals surface area contributed by atoms with Crippen LogP contribution < -0.4 is 10.2 Å². The number of aromatic nitrogens is 1. The average Bonchev–Trinajstić information content (AvgIpc) is 3.35. The average molecular weight is 541 g/mol. The monoisotopic (exact) mass is 541 g/mol. The van der Waals surface area contributed by atoms with Gasteiger partial charge in [0.2, 0.25) is 10.0 Å². The fraction of sp³-hybridized carbons (Fsp3) is 0.464. The van der Waals surface area contributed by atoms with Gasteiger partial charge in [0.25, 0.3) is 0 Å². The van der Waals surface area contributed by atoms with Crippen LogP contribution >= 0.6 is 0 Å². The smallest absolute Gasteiger partial charge is 0.489 e. The van der Waals surface area contributed by atoms with Crippen molar-refractivity contribution in [3.63, 3.8) is 0 Å². The Morgan fingerprint density at radius 2 is 1.71 bits per heavy atom. The van der Waals surface area contributed by atoms with E-state index < -0.39 is 33.6 Å². The molecule has 1 aliphatic heterocycles. The van der Waals surface area contributed by atoms with Crippen LogP contribution in [0.2, 0.25) is 0 Å². The van der Waals surface area contributed by atoms with Gasteiger partial charge in [-0.2, -0.15) is 0 Å². The molecule has 1 aliphatic rings. The molecule has 4 rings (SSSR count). The van der Waals surface area contributed by atoms with E-state index in [0.717, 1.165) is 22.0 Å². The molecule has 10 heteroatoms. The highest BCUT2D eigenvalue weighted by molar-refractivity contribution is 7.90. The van der Waals surface area contributed by atoms with Crippen molar-refractivity contribution in [3.05, 3.63) is 59.8 Å². The molecule has 0 aliphatic carbocycles. The van der Waals surface area contributed by atoms with E-state index in [0.29, 0.717) is 17.7 Å². The van der Waals surface area contributed by atoms with E-state index in [-0.39, 0.29) is 19.2 Å². The number of rotatable bonds is 9. The van der Waals surface area contributed by atoms with Gasteiger partial charge in [0.15, 0.2) is 0 Å². The van der Waals surface area contributed by atoms with Crippen LogP contribution in [0.3, 0.4) is 0 Å². The number of carbonyl (C=O) groups excluding carboxylic acids is 1. The normalized spacial score (nSPS) is 16.8. The summed E-state index contributed by atoms with van der Waals surface area (Å²) in [5.41, 5.74) is 1.88. The van der Waals surface area contributed by atoms with E-state index in [2.05, 4.69) is 0 Å². The highest BCUT2D eigenvalue weighted by Gasteiger charge is 2.52. The van der Waals surface area contributed by atoms with Crippen LogP contribution in [0, 0.1) is 0 Å². The summed E-state index contributed by atoms with van der Waals surface area (Å²) in [7, 11) is -4.27. The molecule has 1 aromatic heterocycles. The van der Waals surface area contributed by atoms with Crippen LogP contribution in [0.1, 0.15) is 59.6 Å². The van der Waals surface area contributed by atoms with Crippen LogP contribution in [-0.4, -0.2) is 48.5 Å². The number of para-hydroxylation sites is 1. The Morgan fingerprint density at radius 3 is 2.34 bits per heavy atom. The molecular weight excluding hydrogens is 505 g/mol. The van der Waals surface area contributed by atoms with Gasteiger partial charge < -0.3 is 18.8 Å². The zero-order chi connectivity index (χ0) is 27.9. The third-order valence-corrected chi connectivity index (χ3v) is 9.34. The van der Waals surface area contributed by atoms with E-state index in [1.54, 1.807) is 26.1 Å². The van der Waals surface area contributed by atoms with E-state index in [9.17, 15) is 13.2 Å². The molecule has 0 amide bonds. The van der Waals surface area contributed by atoms with Crippen LogP contribution in [0.5, 0.6) is 5.75 Å². The molecule has 1 saturated heterocycles. The second kappa shape index (κ2) is 10.4. The van der Waals surface area contributed by atoms with Crippen LogP contribution in [-0.2, 0) is 41.9 Å². The standard InChI is InChI=1S/C28H36BNO7S/c1-19(2)38(32,33)30-14-12-23-24(29-36-27(4,5)28(6,7)37-29)16-21(17-25(23)30)18-35-26-11-9-8-10-22(26)13-15-34-20(3)31/h8-12,14,16-17,19H,13,15,18H2,1-7H3. The lowest BCUT2D eigenvalue weighted by molar-refractivity contribution is -0.140. The topological polar surface area (TPSA) is 93.1 Å². The van der Waals surface area contributed by atoms with Crippen molar-refractivity contribution in [2.45, 2.75) is 77.9 Å². The van der Waals surface area contributed by atoms with Gasteiger partial charge in [-0.25, -0.2) is 12.4 Å². The Hall–Kier alpha value is -2.82. The molecule has 3 aromatic rings. The summed E-state index contributed by atoms with van der Waals surface area (Å²) in [6, 6.07) is 13.2. The molecule has 1 fully saturated rings. The molecule has 0 N–H and O–H groups in total. The number of carbonyl (C=O) groups is 1. The number of fused-ring (bicyclic) bond motifs is 1. The maximum atomic E-state index is 13.2. The van der Waals surface area contributed by atoms with Gasteiger partial charge >= 0.3 is 13.1 Å². The first-order valence-electron chi connectivity index (χ1n) is 12.8. The molecule has 0 bridgehead atoms. The van der Waals surface area contributed by atoms with Gasteiger partial charge in [0.05, 0.1) is 28.6 Å². The van der Waals surface area contributed by atoms with Gasteiger partial charge in [0, 0.05) is 24.9 Å². The molecule has 8 nitrogen and oxygen atoms in total. The van der Waals surface area contributed by atoms with E-state index in [4.69, 9.17) is 18.8 Å². The van der Waals surface area contributed by atoms with Crippen molar-refractivity contribution in [3.8, 4) is 5.75 Å². The molecule has 0 atom stereocenters. The van der Waals surface area contributed by atoms with E-state index in [1.807, 2.05) is 64.1 Å². The minimum atomic E-state index is -3.60. The Balaban J connectivity index is 1.72. The predicted molar refractivity (Wildman–Crippen MR) is 148 cm³/mol. The Morgan fingerprint density at radius 1 is 1.05 bits per heavy atom. The zero-order valence-electron chi connectivity index (χ0n) is 23.1. The summed E-state index contributed by atoms with van der Waals surface area (Å²) in [5.74, 6) is 0.341. The number of hydrogen-bond acceptors (Lipinski definition) is 7. The van der Waals surface area contributed by atoms with E-state index in [1.165, 1.54) is 10.9 Å². The predicted octanol–water partition coefficient (Wildman–Crippen LogP) is 4.21. The molecule has 2 aromatic carbocycles. The Bertz CT molecular complexity index is 1430. The Kier molecular flexibility index (Phi) is 7.71. The first kappa shape index (κ1) is 28.2. The zero-order valence-corrected chi connectivity index (χ0v) is 23.9. The largest absolute Gasteiger partial charge is 0.495 e. The van der Waals surface area contributed by atoms with Gasteiger partial charge in [-0.1, -0.05) is 24.3 Å².